The number of hydrogen-bond acceptors (Lipinski definition) is 13. The summed E-state index contributed by atoms with van der Waals surface area (Å²) >= 11 is 1.15. The standard InChI is InChI=1S/C54H58F3N9O10S/c1-33(2)45(64-43(67)15-4-3-7-29-65-32-74-30-10-16-44(65)68)50(71)62-41(13-9-28-60-51(58)72)49(70)61-37-22-17-34(18-23-37)31-75-53(73)66(52-63-40-12-5-6-14-42(40)77-52)47(36-19-24-38(25-20-36)76-54(55,56)57)39-26-21-35-11-8-27-59-46(35)48(39)69/h5-6,8,10-12,14,16-27,33,41,45,47,69H,3-4,7,9,13,15,28-32H2,1-2H3,(H,61,70)(H,62,71)(H,64,67)(H3,58,60,72)/t41-,45-,47?/m0/s1. The minimum atomic E-state index is -4.97. The number of urea groups is 1. The minimum Gasteiger partial charge on any atom is -0.505 e. The van der Waals surface area contributed by atoms with Crippen LogP contribution in [0, 0.1) is 5.92 Å². The summed E-state index contributed by atoms with van der Waals surface area (Å²) in [4.78, 5) is 90.8. The summed E-state index contributed by atoms with van der Waals surface area (Å²) in [7, 11) is 0. The number of primary amides is 1. The number of thiazole rings is 1. The number of aromatic hydroxyl groups is 1. The minimum absolute atomic E-state index is 0.0795. The van der Waals surface area contributed by atoms with Crippen LogP contribution in [0.25, 0.3) is 21.1 Å². The summed E-state index contributed by atoms with van der Waals surface area (Å²) in [6.45, 7) is 4.35. The van der Waals surface area contributed by atoms with Crippen LogP contribution in [-0.2, 0) is 35.3 Å². The molecule has 0 saturated carbocycles. The average Bonchev–Trinajstić information content (AvgIpc) is 3.72. The number of phenolic OH excluding ortho intramolecular Hbond substituents is 1. The number of carbonyl (C=O) groups excluding carboxylic acids is 6. The van der Waals surface area contributed by atoms with Crippen molar-refractivity contribution in [1.29, 1.82) is 0 Å². The number of aromatic nitrogens is 2. The highest BCUT2D eigenvalue weighted by Gasteiger charge is 2.36. The quantitative estimate of drug-likeness (QED) is 0.0331. The average molecular weight is 1080 g/mol. The van der Waals surface area contributed by atoms with Gasteiger partial charge in [0.25, 0.3) is 0 Å². The molecule has 3 heterocycles. The predicted molar refractivity (Wildman–Crippen MR) is 281 cm³/mol. The van der Waals surface area contributed by atoms with E-state index in [-0.39, 0.29) is 84.4 Å². The summed E-state index contributed by atoms with van der Waals surface area (Å²) in [5, 5.41) is 23.3. The number of carbonyl (C=O) groups is 6. The lowest BCUT2D eigenvalue weighted by molar-refractivity contribution is -0.274. The number of hydrogen-bond donors (Lipinski definition) is 6. The van der Waals surface area contributed by atoms with E-state index in [9.17, 15) is 47.0 Å². The first kappa shape index (κ1) is 56.4. The van der Waals surface area contributed by atoms with Crippen LogP contribution in [0.4, 0.5) is 33.6 Å². The first-order chi connectivity index (χ1) is 36.9. The van der Waals surface area contributed by atoms with Crippen LogP contribution in [0.5, 0.6) is 11.5 Å². The highest BCUT2D eigenvalue weighted by atomic mass is 32.1. The van der Waals surface area contributed by atoms with Crippen molar-refractivity contribution >= 4 is 79.0 Å². The monoisotopic (exact) mass is 1080 g/mol. The van der Waals surface area contributed by atoms with E-state index in [1.54, 1.807) is 97.6 Å². The fraction of sp³-hybridized carbons (Fsp3) is 0.333. The van der Waals surface area contributed by atoms with Crippen molar-refractivity contribution in [2.75, 3.05) is 36.6 Å². The third-order valence-electron chi connectivity index (χ3n) is 12.3. The third-order valence-corrected chi connectivity index (χ3v) is 13.3. The molecule has 7 amide bonds. The van der Waals surface area contributed by atoms with Gasteiger partial charge in [-0.15, -0.1) is 13.2 Å². The van der Waals surface area contributed by atoms with Gasteiger partial charge in [-0.1, -0.05) is 92.3 Å². The van der Waals surface area contributed by atoms with Gasteiger partial charge >= 0.3 is 18.5 Å². The van der Waals surface area contributed by atoms with Crippen molar-refractivity contribution in [3.05, 3.63) is 132 Å². The Labute approximate surface area is 444 Å². The van der Waals surface area contributed by atoms with E-state index in [2.05, 4.69) is 31.0 Å². The van der Waals surface area contributed by atoms with Crippen molar-refractivity contribution in [2.24, 2.45) is 11.7 Å². The van der Waals surface area contributed by atoms with Crippen LogP contribution in [-0.4, -0.2) is 101 Å². The maximum atomic E-state index is 14.7. The maximum absolute atomic E-state index is 14.7. The van der Waals surface area contributed by atoms with Crippen molar-refractivity contribution in [3.63, 3.8) is 0 Å². The van der Waals surface area contributed by atoms with Crippen LogP contribution in [0.3, 0.4) is 0 Å². The summed E-state index contributed by atoms with van der Waals surface area (Å²) in [6.07, 6.45) is 1.00. The van der Waals surface area contributed by atoms with Gasteiger partial charge in [-0.05, 0) is 85.2 Å². The van der Waals surface area contributed by atoms with E-state index in [1.165, 1.54) is 29.3 Å². The molecule has 0 fully saturated rings. The van der Waals surface area contributed by atoms with E-state index in [0.29, 0.717) is 59.3 Å². The molecule has 0 bridgehead atoms. The molecule has 7 rings (SSSR count). The normalized spacial score (nSPS) is 13.8. The molecule has 0 saturated heterocycles. The maximum Gasteiger partial charge on any atom is 0.573 e. The Kier molecular flexibility index (Phi) is 19.4. The van der Waals surface area contributed by atoms with Crippen molar-refractivity contribution in [3.8, 4) is 11.5 Å². The van der Waals surface area contributed by atoms with E-state index >= 15 is 0 Å². The number of rotatable bonds is 23. The number of para-hydroxylation sites is 1. The smallest absolute Gasteiger partial charge is 0.505 e. The number of nitrogens with one attached hydrogen (secondary N) is 4. The highest BCUT2D eigenvalue weighted by Crippen LogP contribution is 2.43. The number of ether oxygens (including phenoxy) is 3. The molecule has 0 radical (unpaired) electrons. The Morgan fingerprint density at radius 3 is 2.40 bits per heavy atom. The molecule has 1 aliphatic rings. The number of phenols is 1. The number of anilines is 2. The Hall–Kier alpha value is -8.31. The van der Waals surface area contributed by atoms with Crippen LogP contribution >= 0.6 is 11.3 Å². The summed E-state index contributed by atoms with van der Waals surface area (Å²) in [5.74, 6) is -2.84. The molecular formula is C54H58F3N9O10S. The molecule has 0 spiro atoms. The second-order valence-electron chi connectivity index (χ2n) is 18.3. The van der Waals surface area contributed by atoms with Crippen LogP contribution in [0.1, 0.15) is 75.1 Å². The lowest BCUT2D eigenvalue weighted by Gasteiger charge is -2.30. The van der Waals surface area contributed by atoms with Gasteiger partial charge in [0.05, 0.1) is 22.9 Å². The molecule has 0 aliphatic carbocycles. The fourth-order valence-electron chi connectivity index (χ4n) is 8.39. The Bertz CT molecular complexity index is 3030. The summed E-state index contributed by atoms with van der Waals surface area (Å²) in [5.41, 5.74) is 7.21. The lowest BCUT2D eigenvalue weighted by atomic mass is 9.95. The van der Waals surface area contributed by atoms with Crippen LogP contribution in [0.2, 0.25) is 0 Å². The lowest BCUT2D eigenvalue weighted by Crippen LogP contribution is -2.54. The summed E-state index contributed by atoms with van der Waals surface area (Å²) < 4.78 is 55.9. The zero-order valence-corrected chi connectivity index (χ0v) is 42.9. The molecule has 1 unspecified atom stereocenters. The van der Waals surface area contributed by atoms with Gasteiger partial charge in [-0.2, -0.15) is 0 Å². The first-order valence-corrected chi connectivity index (χ1v) is 25.6. The second-order valence-corrected chi connectivity index (χ2v) is 19.3. The number of benzene rings is 4. The molecule has 1 aliphatic heterocycles. The van der Waals surface area contributed by atoms with Crippen LogP contribution < -0.4 is 36.6 Å². The molecular weight excluding hydrogens is 1020 g/mol. The molecule has 406 valence electrons. The van der Waals surface area contributed by atoms with Crippen LogP contribution in [0.15, 0.2) is 115 Å². The number of nitrogens with two attached hydrogens (primary N) is 1. The number of amides is 7. The van der Waals surface area contributed by atoms with E-state index in [0.717, 1.165) is 23.5 Å². The van der Waals surface area contributed by atoms with Crippen molar-refractivity contribution < 1.29 is 61.3 Å². The predicted octanol–water partition coefficient (Wildman–Crippen LogP) is 8.33. The van der Waals surface area contributed by atoms with Gasteiger partial charge in [-0.25, -0.2) is 19.5 Å². The Balaban J connectivity index is 1.04. The van der Waals surface area contributed by atoms with Gasteiger partial charge < -0.3 is 51.2 Å². The molecule has 77 heavy (non-hydrogen) atoms. The zero-order chi connectivity index (χ0) is 55.1. The molecule has 23 heteroatoms. The second kappa shape index (κ2) is 26.4. The highest BCUT2D eigenvalue weighted by molar-refractivity contribution is 7.22. The Morgan fingerprint density at radius 2 is 1.68 bits per heavy atom. The SMILES string of the molecule is CC(C)[C@H](NC(=O)CCCCCN1COCC=CC1=O)C(=O)N[C@@H](CCCNC(N)=O)C(=O)Nc1ccc(COC(=O)N(c2nc3ccccc3s2)C(c2ccc(OC(F)(F)F)cc2)c2ccc3cccnc3c2O)cc1. The topological polar surface area (TPSA) is 257 Å². The Morgan fingerprint density at radius 1 is 0.909 bits per heavy atom. The zero-order valence-electron chi connectivity index (χ0n) is 42.1. The molecule has 4 aromatic carbocycles. The number of unbranched alkanes of at least 4 members (excludes halogenated alkanes) is 2. The molecule has 2 aromatic heterocycles. The number of pyridine rings is 1. The first-order valence-electron chi connectivity index (χ1n) is 24.7. The number of fused-ring (bicyclic) bond motifs is 2. The summed E-state index contributed by atoms with van der Waals surface area (Å²) in [6, 6.07) is 20.9. The third kappa shape index (κ3) is 15.9. The molecule has 7 N–H and O–H groups in total. The number of halogens is 3. The van der Waals surface area contributed by atoms with Crippen molar-refractivity contribution in [2.45, 2.75) is 83.5 Å². The molecule has 19 nitrogen and oxygen atoms in total. The van der Waals surface area contributed by atoms with Gasteiger partial charge in [0.2, 0.25) is 23.6 Å². The van der Waals surface area contributed by atoms with E-state index in [1.807, 2.05) is 0 Å². The largest absolute Gasteiger partial charge is 0.573 e. The van der Waals surface area contributed by atoms with Gasteiger partial charge in [0.15, 0.2) is 5.13 Å². The van der Waals surface area contributed by atoms with Crippen molar-refractivity contribution in [1.82, 2.24) is 30.8 Å². The fourth-order valence-corrected chi connectivity index (χ4v) is 9.37. The van der Waals surface area contributed by atoms with Gasteiger partial charge in [0, 0.05) is 48.4 Å². The molecule has 6 aromatic rings. The van der Waals surface area contributed by atoms with E-state index in [4.69, 9.17) is 20.2 Å². The van der Waals surface area contributed by atoms with Gasteiger partial charge in [0.1, 0.15) is 42.4 Å². The molecule has 3 atom stereocenters. The van der Waals surface area contributed by atoms with Gasteiger partial charge in [-0.3, -0.25) is 24.2 Å². The number of alkyl halides is 3. The number of nitrogens with zero attached hydrogens (tertiary/aromatic N) is 4. The van der Waals surface area contributed by atoms with E-state index < -0.39 is 54.2 Å².